The van der Waals surface area contributed by atoms with Gasteiger partial charge in [-0.1, -0.05) is 0 Å². The molecule has 0 aromatic carbocycles. The topological polar surface area (TPSA) is 278 Å². The first-order valence-corrected chi connectivity index (χ1v) is 11.6. The Bertz CT molecular complexity index is 745. The van der Waals surface area contributed by atoms with Gasteiger partial charge in [-0.15, -0.1) is 0 Å². The Balaban J connectivity index is 1.69. The molecule has 17 nitrogen and oxygen atoms in total. The van der Waals surface area contributed by atoms with Crippen LogP contribution >= 0.6 is 0 Å². The molecule has 3 rings (SSSR count). The molecular formula is C20H35NO16. The minimum Gasteiger partial charge on any atom is -0.394 e. The maximum Gasteiger partial charge on any atom is 0.217 e. The second-order valence-corrected chi connectivity index (χ2v) is 9.11. The SMILES string of the molecule is CC(=O)N[C@@H]1[C@@H](O)[C@H](O[C@@H]2O[C@H](CO[C@H]3O[C@H](CO)[C@H](O)[C@H](O)[C@H]3O)[C@H](O)[C@H](O)[C@H]2O)[C@@H](CO)O[C@H]1O. The lowest BCUT2D eigenvalue weighted by Gasteiger charge is -2.46. The summed E-state index contributed by atoms with van der Waals surface area (Å²) in [6, 6.07) is -1.38. The molecule has 3 heterocycles. The van der Waals surface area contributed by atoms with E-state index in [0.29, 0.717) is 0 Å². The predicted molar refractivity (Wildman–Crippen MR) is 113 cm³/mol. The molecule has 0 aromatic heterocycles. The predicted octanol–water partition coefficient (Wildman–Crippen LogP) is -7.43. The van der Waals surface area contributed by atoms with Crippen LogP contribution in [0.25, 0.3) is 0 Å². The lowest BCUT2D eigenvalue weighted by atomic mass is 9.95. The smallest absolute Gasteiger partial charge is 0.217 e. The summed E-state index contributed by atoms with van der Waals surface area (Å²) in [6.07, 6.45) is -22.9. The van der Waals surface area contributed by atoms with E-state index in [1.165, 1.54) is 0 Å². The molecule has 11 N–H and O–H groups in total. The van der Waals surface area contributed by atoms with Gasteiger partial charge in [0.2, 0.25) is 5.91 Å². The van der Waals surface area contributed by atoms with Gasteiger partial charge in [-0.3, -0.25) is 4.79 Å². The number of rotatable bonds is 8. The molecular weight excluding hydrogens is 510 g/mol. The van der Waals surface area contributed by atoms with E-state index < -0.39 is 118 Å². The van der Waals surface area contributed by atoms with Crippen molar-refractivity contribution in [3.05, 3.63) is 0 Å². The van der Waals surface area contributed by atoms with Gasteiger partial charge in [-0.05, 0) is 0 Å². The van der Waals surface area contributed by atoms with E-state index in [4.69, 9.17) is 23.7 Å². The van der Waals surface area contributed by atoms with Crippen LogP contribution in [0.15, 0.2) is 0 Å². The Morgan fingerprint density at radius 2 is 1.24 bits per heavy atom. The van der Waals surface area contributed by atoms with Crippen molar-refractivity contribution >= 4 is 5.91 Å². The van der Waals surface area contributed by atoms with Crippen molar-refractivity contribution in [1.29, 1.82) is 0 Å². The zero-order chi connectivity index (χ0) is 27.6. The Labute approximate surface area is 210 Å². The number of ether oxygens (including phenoxy) is 5. The monoisotopic (exact) mass is 545 g/mol. The van der Waals surface area contributed by atoms with Crippen molar-refractivity contribution in [1.82, 2.24) is 5.32 Å². The van der Waals surface area contributed by atoms with Crippen LogP contribution in [0.2, 0.25) is 0 Å². The molecule has 15 atom stereocenters. The van der Waals surface area contributed by atoms with E-state index in [-0.39, 0.29) is 0 Å². The zero-order valence-corrected chi connectivity index (χ0v) is 19.7. The second-order valence-electron chi connectivity index (χ2n) is 9.11. The van der Waals surface area contributed by atoms with E-state index in [1.54, 1.807) is 0 Å². The summed E-state index contributed by atoms with van der Waals surface area (Å²) in [7, 11) is 0. The molecule has 0 saturated carbocycles. The lowest BCUT2D eigenvalue weighted by Crippen LogP contribution is -2.67. The summed E-state index contributed by atoms with van der Waals surface area (Å²) in [6.45, 7) is -0.962. The van der Waals surface area contributed by atoms with Crippen molar-refractivity contribution in [3.8, 4) is 0 Å². The van der Waals surface area contributed by atoms with Gasteiger partial charge in [-0.25, -0.2) is 0 Å². The minimum atomic E-state index is -1.88. The number of hydrogen-bond donors (Lipinski definition) is 11. The average Bonchev–Trinajstić information content (AvgIpc) is 2.86. The molecule has 0 bridgehead atoms. The van der Waals surface area contributed by atoms with Crippen molar-refractivity contribution in [3.63, 3.8) is 0 Å². The van der Waals surface area contributed by atoms with Gasteiger partial charge in [0.15, 0.2) is 18.9 Å². The highest BCUT2D eigenvalue weighted by atomic mass is 16.7. The van der Waals surface area contributed by atoms with Crippen molar-refractivity contribution < 1.29 is 79.5 Å². The van der Waals surface area contributed by atoms with Crippen LogP contribution in [0.5, 0.6) is 0 Å². The van der Waals surface area contributed by atoms with Crippen molar-refractivity contribution in [2.45, 2.75) is 99.0 Å². The van der Waals surface area contributed by atoms with Crippen LogP contribution in [0.4, 0.5) is 0 Å². The molecule has 37 heavy (non-hydrogen) atoms. The number of aliphatic hydroxyl groups is 10. The fourth-order valence-electron chi connectivity index (χ4n) is 4.36. The van der Waals surface area contributed by atoms with Gasteiger partial charge in [0.05, 0.1) is 19.8 Å². The average molecular weight is 545 g/mol. The normalized spacial score (nSPS) is 49.0. The third-order valence-electron chi connectivity index (χ3n) is 6.48. The highest BCUT2D eigenvalue weighted by molar-refractivity contribution is 5.73. The summed E-state index contributed by atoms with van der Waals surface area (Å²) in [4.78, 5) is 11.4. The van der Waals surface area contributed by atoms with Crippen LogP contribution in [0.1, 0.15) is 6.92 Å². The van der Waals surface area contributed by atoms with Gasteiger partial charge in [-0.2, -0.15) is 0 Å². The van der Waals surface area contributed by atoms with E-state index in [1.807, 2.05) is 0 Å². The summed E-state index contributed by atoms with van der Waals surface area (Å²) < 4.78 is 26.8. The number of carbonyl (C=O) groups is 1. The van der Waals surface area contributed by atoms with E-state index in [9.17, 15) is 55.9 Å². The molecule has 0 unspecified atom stereocenters. The molecule has 0 spiro atoms. The molecule has 216 valence electrons. The molecule has 3 aliphatic heterocycles. The van der Waals surface area contributed by atoms with Gasteiger partial charge in [0, 0.05) is 6.92 Å². The zero-order valence-electron chi connectivity index (χ0n) is 19.7. The molecule has 3 fully saturated rings. The standard InChI is InChI=1S/C20H35NO16/c1-5(24)21-9-12(27)17(7(3-23)34-18(9)32)37-20-16(31)14(29)11(26)8(36-20)4-33-19-15(30)13(28)10(25)6(2-22)35-19/h6-20,22-23,25-32H,2-4H2,1H3,(H,21,24)/t6-,7-,8-,9-,10+,11+,12-,13+,14+,15-,16-,17-,18-,19+,20+/m1/s1. The van der Waals surface area contributed by atoms with Crippen LogP contribution in [0.3, 0.4) is 0 Å². The first-order valence-electron chi connectivity index (χ1n) is 11.6. The van der Waals surface area contributed by atoms with Gasteiger partial charge < -0.3 is 80.1 Å². The summed E-state index contributed by atoms with van der Waals surface area (Å²) in [5, 5.41) is 103. The number of amides is 1. The maximum atomic E-state index is 11.4. The molecule has 3 aliphatic rings. The highest BCUT2D eigenvalue weighted by Crippen LogP contribution is 2.30. The largest absolute Gasteiger partial charge is 0.394 e. The summed E-state index contributed by atoms with van der Waals surface area (Å²) >= 11 is 0. The van der Waals surface area contributed by atoms with Gasteiger partial charge >= 0.3 is 0 Å². The van der Waals surface area contributed by atoms with Crippen LogP contribution < -0.4 is 5.32 Å². The third kappa shape index (κ3) is 6.55. The quantitative estimate of drug-likeness (QED) is 0.135. The van der Waals surface area contributed by atoms with Gasteiger partial charge in [0.25, 0.3) is 0 Å². The number of aliphatic hydroxyl groups excluding tert-OH is 10. The van der Waals surface area contributed by atoms with E-state index in [0.717, 1.165) is 6.92 Å². The second kappa shape index (κ2) is 12.8. The molecule has 3 saturated heterocycles. The molecule has 17 heteroatoms. The van der Waals surface area contributed by atoms with Gasteiger partial charge in [0.1, 0.15) is 73.2 Å². The fraction of sp³-hybridized carbons (Fsp3) is 0.950. The Morgan fingerprint density at radius 1 is 0.703 bits per heavy atom. The van der Waals surface area contributed by atoms with Crippen molar-refractivity contribution in [2.24, 2.45) is 0 Å². The maximum absolute atomic E-state index is 11.4. The Hall–Kier alpha value is -1.13. The van der Waals surface area contributed by atoms with Crippen LogP contribution in [0, 0.1) is 0 Å². The third-order valence-corrected chi connectivity index (χ3v) is 6.48. The Kier molecular flexibility index (Phi) is 10.5. The summed E-state index contributed by atoms with van der Waals surface area (Å²) in [5.41, 5.74) is 0. The Morgan fingerprint density at radius 3 is 1.81 bits per heavy atom. The highest BCUT2D eigenvalue weighted by Gasteiger charge is 2.51. The molecule has 0 aromatic rings. The number of carbonyl (C=O) groups excluding carboxylic acids is 1. The molecule has 0 aliphatic carbocycles. The van der Waals surface area contributed by atoms with E-state index in [2.05, 4.69) is 5.32 Å². The van der Waals surface area contributed by atoms with Crippen LogP contribution in [-0.4, -0.2) is 169 Å². The molecule has 1 amide bonds. The molecule has 0 radical (unpaired) electrons. The fourth-order valence-corrected chi connectivity index (χ4v) is 4.36. The first-order chi connectivity index (χ1) is 17.4. The number of nitrogens with one attached hydrogen (secondary N) is 1. The summed E-state index contributed by atoms with van der Waals surface area (Å²) in [5.74, 6) is -0.620. The van der Waals surface area contributed by atoms with Crippen molar-refractivity contribution in [2.75, 3.05) is 19.8 Å². The lowest BCUT2D eigenvalue weighted by molar-refractivity contribution is -0.355. The van der Waals surface area contributed by atoms with Crippen LogP contribution in [-0.2, 0) is 28.5 Å². The number of hydrogen-bond acceptors (Lipinski definition) is 16. The first kappa shape index (κ1) is 30.4. The van der Waals surface area contributed by atoms with E-state index >= 15 is 0 Å². The minimum absolute atomic E-state index is 0.617.